The van der Waals surface area contributed by atoms with Crippen LogP contribution in [0.1, 0.15) is 65.7 Å². The predicted octanol–water partition coefficient (Wildman–Crippen LogP) is 3.31. The van der Waals surface area contributed by atoms with Gasteiger partial charge in [0.2, 0.25) is 5.91 Å². The van der Waals surface area contributed by atoms with Crippen LogP contribution < -0.4 is 5.32 Å². The van der Waals surface area contributed by atoms with Gasteiger partial charge >= 0.3 is 0 Å². The number of rotatable bonds is 9. The number of hydrogen-bond acceptors (Lipinski definition) is 4. The van der Waals surface area contributed by atoms with E-state index in [9.17, 15) is 4.79 Å². The first kappa shape index (κ1) is 20.7. The zero-order chi connectivity index (χ0) is 18.1. The Kier molecular flexibility index (Phi) is 9.21. The maximum Gasteiger partial charge on any atom is 0.222 e. The minimum absolute atomic E-state index is 0.0314. The van der Waals surface area contributed by atoms with E-state index >= 15 is 0 Å². The van der Waals surface area contributed by atoms with Crippen LogP contribution >= 0.6 is 0 Å². The van der Waals surface area contributed by atoms with Crippen LogP contribution in [0.15, 0.2) is 0 Å². The summed E-state index contributed by atoms with van der Waals surface area (Å²) in [5.74, 6) is 0.707. The van der Waals surface area contributed by atoms with Gasteiger partial charge in [0.05, 0.1) is 24.9 Å². The van der Waals surface area contributed by atoms with E-state index in [-0.39, 0.29) is 30.1 Å². The first-order chi connectivity index (χ1) is 12.1. The van der Waals surface area contributed by atoms with Crippen LogP contribution in [0.4, 0.5) is 0 Å². The largest absolute Gasteiger partial charge is 0.381 e. The first-order valence-electron chi connectivity index (χ1n) is 10.2. The van der Waals surface area contributed by atoms with Crippen molar-refractivity contribution in [2.75, 3.05) is 26.4 Å². The van der Waals surface area contributed by atoms with Gasteiger partial charge in [-0.1, -0.05) is 33.1 Å². The molecule has 0 radical (unpaired) electrons. The molecule has 2 fully saturated rings. The summed E-state index contributed by atoms with van der Waals surface area (Å²) in [6.45, 7) is 8.73. The van der Waals surface area contributed by atoms with Crippen molar-refractivity contribution in [2.24, 2.45) is 11.8 Å². The molecular formula is C20H37NO4. The van der Waals surface area contributed by atoms with Crippen LogP contribution in [-0.4, -0.2) is 50.6 Å². The number of amides is 1. The maximum atomic E-state index is 12.2. The third kappa shape index (κ3) is 7.63. The van der Waals surface area contributed by atoms with Crippen LogP contribution in [0.5, 0.6) is 0 Å². The Morgan fingerprint density at radius 3 is 2.40 bits per heavy atom. The number of carbonyl (C=O) groups is 1. The van der Waals surface area contributed by atoms with Gasteiger partial charge in [0.1, 0.15) is 0 Å². The van der Waals surface area contributed by atoms with Gasteiger partial charge in [-0.15, -0.1) is 0 Å². The molecule has 25 heavy (non-hydrogen) atoms. The minimum atomic E-state index is -0.0960. The second kappa shape index (κ2) is 11.1. The summed E-state index contributed by atoms with van der Waals surface area (Å²) in [5, 5.41) is 3.12. The molecule has 0 aromatic rings. The number of nitrogens with one attached hydrogen (secondary N) is 1. The average Bonchev–Trinajstić information content (AvgIpc) is 2.64. The Labute approximate surface area is 153 Å². The van der Waals surface area contributed by atoms with Crippen LogP contribution in [0.3, 0.4) is 0 Å². The van der Waals surface area contributed by atoms with Crippen LogP contribution in [0.2, 0.25) is 0 Å². The predicted molar refractivity (Wildman–Crippen MR) is 98.6 cm³/mol. The van der Waals surface area contributed by atoms with Crippen molar-refractivity contribution >= 4 is 5.91 Å². The molecule has 1 amide bonds. The third-order valence-electron chi connectivity index (χ3n) is 5.42. The normalized spacial score (nSPS) is 22.7. The standard InChI is InChI=1S/C20H37NO4/c1-15(2)20(22)21-19(14-25-18-9-11-23-12-10-18)16(3)24-13-17-7-5-4-6-8-17/h15-19H,4-14H2,1-3H3,(H,21,22). The fourth-order valence-corrected chi connectivity index (χ4v) is 3.48. The van der Waals surface area contributed by atoms with Gasteiger partial charge in [-0.2, -0.15) is 0 Å². The number of carbonyl (C=O) groups excluding carboxylic acids is 1. The smallest absolute Gasteiger partial charge is 0.222 e. The lowest BCUT2D eigenvalue weighted by Crippen LogP contribution is -2.48. The van der Waals surface area contributed by atoms with Crippen molar-refractivity contribution in [3.05, 3.63) is 0 Å². The van der Waals surface area contributed by atoms with E-state index in [2.05, 4.69) is 12.2 Å². The lowest BCUT2D eigenvalue weighted by molar-refractivity contribution is -0.128. The van der Waals surface area contributed by atoms with E-state index < -0.39 is 0 Å². The van der Waals surface area contributed by atoms with Crippen molar-refractivity contribution in [3.63, 3.8) is 0 Å². The van der Waals surface area contributed by atoms with Crippen LogP contribution in [0, 0.1) is 11.8 Å². The van der Waals surface area contributed by atoms with Crippen LogP contribution in [0.25, 0.3) is 0 Å². The second-order valence-corrected chi connectivity index (χ2v) is 7.96. The lowest BCUT2D eigenvalue weighted by atomic mass is 9.90. The molecule has 2 rings (SSSR count). The molecule has 1 aliphatic heterocycles. The molecule has 0 spiro atoms. The van der Waals surface area contributed by atoms with E-state index in [0.29, 0.717) is 12.5 Å². The molecule has 1 aliphatic carbocycles. The third-order valence-corrected chi connectivity index (χ3v) is 5.42. The fraction of sp³-hybridized carbons (Fsp3) is 0.950. The molecular weight excluding hydrogens is 318 g/mol. The molecule has 1 saturated heterocycles. The molecule has 5 heteroatoms. The summed E-state index contributed by atoms with van der Waals surface area (Å²) in [6, 6.07) is -0.0960. The highest BCUT2D eigenvalue weighted by molar-refractivity contribution is 5.78. The molecule has 1 heterocycles. The van der Waals surface area contributed by atoms with Crippen molar-refractivity contribution in [1.82, 2.24) is 5.32 Å². The minimum Gasteiger partial charge on any atom is -0.381 e. The molecule has 2 unspecified atom stereocenters. The van der Waals surface area contributed by atoms with Gasteiger partial charge in [0.15, 0.2) is 0 Å². The highest BCUT2D eigenvalue weighted by Crippen LogP contribution is 2.24. The van der Waals surface area contributed by atoms with E-state index in [4.69, 9.17) is 14.2 Å². The Morgan fingerprint density at radius 1 is 1.08 bits per heavy atom. The lowest BCUT2D eigenvalue weighted by Gasteiger charge is -2.31. The molecule has 5 nitrogen and oxygen atoms in total. The van der Waals surface area contributed by atoms with E-state index in [1.807, 2.05) is 13.8 Å². The summed E-state index contributed by atoms with van der Waals surface area (Å²) in [5.41, 5.74) is 0. The molecule has 2 aliphatic rings. The van der Waals surface area contributed by atoms with Gasteiger partial charge in [-0.3, -0.25) is 4.79 Å². The quantitative estimate of drug-likeness (QED) is 0.689. The average molecular weight is 356 g/mol. The number of ether oxygens (including phenoxy) is 3. The molecule has 0 aromatic carbocycles. The summed E-state index contributed by atoms with van der Waals surface area (Å²) in [6.07, 6.45) is 8.61. The van der Waals surface area contributed by atoms with E-state index in [0.717, 1.165) is 32.7 Å². The van der Waals surface area contributed by atoms with E-state index in [1.165, 1.54) is 32.1 Å². The molecule has 0 aromatic heterocycles. The Balaban J connectivity index is 1.81. The summed E-state index contributed by atoms with van der Waals surface area (Å²) in [4.78, 5) is 12.2. The van der Waals surface area contributed by atoms with Crippen molar-refractivity contribution in [3.8, 4) is 0 Å². The maximum absolute atomic E-state index is 12.2. The zero-order valence-corrected chi connectivity index (χ0v) is 16.3. The van der Waals surface area contributed by atoms with Gasteiger partial charge in [-0.05, 0) is 38.5 Å². The molecule has 1 saturated carbocycles. The van der Waals surface area contributed by atoms with E-state index in [1.54, 1.807) is 0 Å². The topological polar surface area (TPSA) is 56.8 Å². The van der Waals surface area contributed by atoms with Crippen LogP contribution in [-0.2, 0) is 19.0 Å². The number of hydrogen-bond donors (Lipinski definition) is 1. The SMILES string of the molecule is CC(C)C(=O)NC(COC1CCOCC1)C(C)OCC1CCCCC1. The van der Waals surface area contributed by atoms with Crippen molar-refractivity contribution in [2.45, 2.75) is 84.0 Å². The highest BCUT2D eigenvalue weighted by atomic mass is 16.5. The van der Waals surface area contributed by atoms with Gasteiger partial charge in [0.25, 0.3) is 0 Å². The van der Waals surface area contributed by atoms with Crippen molar-refractivity contribution in [1.29, 1.82) is 0 Å². The summed E-state index contributed by atoms with van der Waals surface area (Å²) in [7, 11) is 0. The highest BCUT2D eigenvalue weighted by Gasteiger charge is 2.25. The Bertz CT molecular complexity index is 376. The Hall–Kier alpha value is -0.650. The zero-order valence-electron chi connectivity index (χ0n) is 16.3. The first-order valence-corrected chi connectivity index (χ1v) is 10.2. The molecule has 2 atom stereocenters. The fourth-order valence-electron chi connectivity index (χ4n) is 3.48. The van der Waals surface area contributed by atoms with Gasteiger partial charge < -0.3 is 19.5 Å². The second-order valence-electron chi connectivity index (χ2n) is 7.96. The summed E-state index contributed by atoms with van der Waals surface area (Å²) >= 11 is 0. The molecule has 146 valence electrons. The van der Waals surface area contributed by atoms with Gasteiger partial charge in [0, 0.05) is 25.7 Å². The summed E-state index contributed by atoms with van der Waals surface area (Å²) < 4.78 is 17.6. The molecule has 0 bridgehead atoms. The monoisotopic (exact) mass is 355 g/mol. The Morgan fingerprint density at radius 2 is 1.76 bits per heavy atom. The molecule has 1 N–H and O–H groups in total. The van der Waals surface area contributed by atoms with Crippen molar-refractivity contribution < 1.29 is 19.0 Å². The van der Waals surface area contributed by atoms with Gasteiger partial charge in [-0.25, -0.2) is 0 Å².